The van der Waals surface area contributed by atoms with Crippen LogP contribution in [0.2, 0.25) is 0 Å². The Kier molecular flexibility index (Phi) is 6.96. The van der Waals surface area contributed by atoms with E-state index in [1.807, 2.05) is 48.0 Å². The number of morpholine rings is 1. The first-order chi connectivity index (χ1) is 13.7. The molecule has 4 rings (SSSR count). The average Bonchev–Trinajstić information content (AvgIpc) is 2.76. The fraction of sp³-hybridized carbons (Fsp3) is 0.348. The van der Waals surface area contributed by atoms with Gasteiger partial charge in [0.1, 0.15) is 5.75 Å². The smallest absolute Gasteiger partial charge is 0.258 e. The summed E-state index contributed by atoms with van der Waals surface area (Å²) in [6.07, 6.45) is 0.809. The van der Waals surface area contributed by atoms with Gasteiger partial charge in [-0.1, -0.05) is 30.3 Å². The minimum atomic E-state index is 0. The van der Waals surface area contributed by atoms with Gasteiger partial charge in [0, 0.05) is 55.1 Å². The zero-order chi connectivity index (χ0) is 19.5. The van der Waals surface area contributed by atoms with Crippen LogP contribution in [0.3, 0.4) is 0 Å². The van der Waals surface area contributed by atoms with E-state index in [4.69, 9.17) is 9.47 Å². The van der Waals surface area contributed by atoms with Crippen molar-refractivity contribution in [3.8, 4) is 16.9 Å². The zero-order valence-electron chi connectivity index (χ0n) is 16.9. The predicted molar refractivity (Wildman–Crippen MR) is 119 cm³/mol. The lowest BCUT2D eigenvalue weighted by atomic mass is 9.95. The van der Waals surface area contributed by atoms with E-state index >= 15 is 0 Å². The van der Waals surface area contributed by atoms with Gasteiger partial charge in [-0.3, -0.25) is 9.69 Å². The number of benzene rings is 2. The molecule has 0 spiro atoms. The van der Waals surface area contributed by atoms with E-state index in [9.17, 15) is 4.79 Å². The molecule has 0 N–H and O–H groups in total. The molecule has 154 valence electrons. The second-order valence-corrected chi connectivity index (χ2v) is 7.17. The Morgan fingerprint density at radius 1 is 1.03 bits per heavy atom. The summed E-state index contributed by atoms with van der Waals surface area (Å²) in [6.45, 7) is 4.34. The van der Waals surface area contributed by atoms with Crippen LogP contribution in [-0.2, 0) is 18.2 Å². The van der Waals surface area contributed by atoms with E-state index in [0.717, 1.165) is 72.6 Å². The summed E-state index contributed by atoms with van der Waals surface area (Å²) in [5.74, 6) is 0.761. The summed E-state index contributed by atoms with van der Waals surface area (Å²) in [7, 11) is 3.54. The number of hydrogen-bond donors (Lipinski definition) is 0. The van der Waals surface area contributed by atoms with E-state index in [2.05, 4.69) is 17.0 Å². The predicted octanol–water partition coefficient (Wildman–Crippen LogP) is 3.51. The van der Waals surface area contributed by atoms with Gasteiger partial charge in [0.05, 0.1) is 20.3 Å². The minimum Gasteiger partial charge on any atom is -0.497 e. The fourth-order valence-corrected chi connectivity index (χ4v) is 3.98. The molecule has 2 heterocycles. The van der Waals surface area contributed by atoms with E-state index in [1.54, 1.807) is 7.11 Å². The van der Waals surface area contributed by atoms with E-state index in [-0.39, 0.29) is 18.0 Å². The van der Waals surface area contributed by atoms with Gasteiger partial charge >= 0.3 is 0 Å². The number of pyridine rings is 1. The van der Waals surface area contributed by atoms with Crippen LogP contribution in [0.25, 0.3) is 21.9 Å². The Morgan fingerprint density at radius 3 is 2.45 bits per heavy atom. The Hall–Kier alpha value is -2.34. The van der Waals surface area contributed by atoms with Crippen molar-refractivity contribution >= 4 is 23.2 Å². The van der Waals surface area contributed by atoms with Gasteiger partial charge in [0.15, 0.2) is 0 Å². The molecule has 0 radical (unpaired) electrons. The Morgan fingerprint density at radius 2 is 1.76 bits per heavy atom. The number of ether oxygens (including phenoxy) is 2. The van der Waals surface area contributed by atoms with Crippen molar-refractivity contribution in [1.82, 2.24) is 9.47 Å². The lowest BCUT2D eigenvalue weighted by molar-refractivity contribution is 0.0383. The van der Waals surface area contributed by atoms with Gasteiger partial charge in [0.25, 0.3) is 5.56 Å². The molecule has 0 saturated carbocycles. The highest BCUT2D eigenvalue weighted by Crippen LogP contribution is 2.33. The van der Waals surface area contributed by atoms with E-state index in [0.29, 0.717) is 0 Å². The third-order valence-corrected chi connectivity index (χ3v) is 5.56. The molecule has 29 heavy (non-hydrogen) atoms. The van der Waals surface area contributed by atoms with Crippen LogP contribution >= 0.6 is 12.4 Å². The number of aromatic nitrogens is 1. The van der Waals surface area contributed by atoms with Crippen molar-refractivity contribution in [3.63, 3.8) is 0 Å². The average molecular weight is 415 g/mol. The summed E-state index contributed by atoms with van der Waals surface area (Å²) in [5.41, 5.74) is 3.33. The number of fused-ring (bicyclic) bond motifs is 1. The molecule has 0 atom stereocenters. The summed E-state index contributed by atoms with van der Waals surface area (Å²) in [6, 6.07) is 16.0. The van der Waals surface area contributed by atoms with Gasteiger partial charge in [-0.05, 0) is 23.8 Å². The van der Waals surface area contributed by atoms with Crippen LogP contribution < -0.4 is 10.3 Å². The largest absolute Gasteiger partial charge is 0.497 e. The van der Waals surface area contributed by atoms with Crippen molar-refractivity contribution in [2.75, 3.05) is 40.0 Å². The van der Waals surface area contributed by atoms with Gasteiger partial charge in [-0.25, -0.2) is 0 Å². The lowest BCUT2D eigenvalue weighted by Gasteiger charge is -2.27. The SMILES string of the molecule is COc1ccc2c(=O)n(C)c(CCN3CCOCC3)c(-c3ccccc3)c2c1.Cl. The number of hydrogen-bond acceptors (Lipinski definition) is 4. The van der Waals surface area contributed by atoms with Gasteiger partial charge in [-0.2, -0.15) is 0 Å². The molecule has 2 aromatic carbocycles. The maximum atomic E-state index is 13.1. The third kappa shape index (κ3) is 4.32. The number of methoxy groups -OCH3 is 1. The lowest BCUT2D eigenvalue weighted by Crippen LogP contribution is -2.38. The Labute approximate surface area is 177 Å². The highest BCUT2D eigenvalue weighted by Gasteiger charge is 2.18. The van der Waals surface area contributed by atoms with Gasteiger partial charge in [-0.15, -0.1) is 12.4 Å². The van der Waals surface area contributed by atoms with Crippen molar-refractivity contribution in [3.05, 3.63) is 64.6 Å². The second-order valence-electron chi connectivity index (χ2n) is 7.17. The Bertz CT molecular complexity index is 1030. The fourth-order valence-electron chi connectivity index (χ4n) is 3.98. The molecule has 3 aromatic rings. The van der Waals surface area contributed by atoms with Crippen LogP contribution in [0.4, 0.5) is 0 Å². The molecule has 1 aromatic heterocycles. The first-order valence-corrected chi connectivity index (χ1v) is 9.74. The number of rotatable bonds is 5. The summed E-state index contributed by atoms with van der Waals surface area (Å²) < 4.78 is 12.7. The third-order valence-electron chi connectivity index (χ3n) is 5.56. The molecule has 0 unspecified atom stereocenters. The van der Waals surface area contributed by atoms with Crippen molar-refractivity contribution in [2.45, 2.75) is 6.42 Å². The molecule has 1 aliphatic rings. The van der Waals surface area contributed by atoms with Crippen LogP contribution in [0, 0.1) is 0 Å². The first-order valence-electron chi connectivity index (χ1n) is 9.74. The van der Waals surface area contributed by atoms with Crippen LogP contribution in [-0.4, -0.2) is 49.4 Å². The molecule has 0 bridgehead atoms. The zero-order valence-corrected chi connectivity index (χ0v) is 17.7. The molecule has 1 saturated heterocycles. The maximum Gasteiger partial charge on any atom is 0.258 e. The summed E-state index contributed by atoms with van der Waals surface area (Å²) >= 11 is 0. The topological polar surface area (TPSA) is 43.7 Å². The molecule has 5 nitrogen and oxygen atoms in total. The van der Waals surface area contributed by atoms with Crippen molar-refractivity contribution in [2.24, 2.45) is 7.05 Å². The highest BCUT2D eigenvalue weighted by molar-refractivity contribution is 5.98. The molecular weight excluding hydrogens is 388 g/mol. The molecule has 0 aliphatic carbocycles. The quantitative estimate of drug-likeness (QED) is 0.640. The normalized spacial score (nSPS) is 14.6. The summed E-state index contributed by atoms with van der Waals surface area (Å²) in [4.78, 5) is 15.5. The first kappa shape index (κ1) is 21.4. The molecular formula is C23H27ClN2O3. The Balaban J connectivity index is 0.00000240. The molecule has 1 fully saturated rings. The van der Waals surface area contributed by atoms with Crippen LogP contribution in [0.15, 0.2) is 53.3 Å². The summed E-state index contributed by atoms with van der Waals surface area (Å²) in [5, 5.41) is 1.67. The van der Waals surface area contributed by atoms with Crippen LogP contribution in [0.5, 0.6) is 5.75 Å². The monoisotopic (exact) mass is 414 g/mol. The molecule has 1 aliphatic heterocycles. The van der Waals surface area contributed by atoms with Crippen LogP contribution in [0.1, 0.15) is 5.69 Å². The molecule has 6 heteroatoms. The highest BCUT2D eigenvalue weighted by atomic mass is 35.5. The van der Waals surface area contributed by atoms with Gasteiger partial charge in [0.2, 0.25) is 0 Å². The second kappa shape index (κ2) is 9.44. The maximum absolute atomic E-state index is 13.1. The van der Waals surface area contributed by atoms with E-state index in [1.165, 1.54) is 0 Å². The molecule has 0 amide bonds. The number of halogens is 1. The van der Waals surface area contributed by atoms with Crippen molar-refractivity contribution in [1.29, 1.82) is 0 Å². The number of nitrogens with zero attached hydrogens (tertiary/aromatic N) is 2. The standard InChI is InChI=1S/C23H26N2O3.ClH/c1-24-21(10-11-25-12-14-28-15-13-25)22(17-6-4-3-5-7-17)20-16-18(27-2)8-9-19(20)23(24)26;/h3-9,16H,10-15H2,1-2H3;1H. The van der Waals surface area contributed by atoms with Gasteiger partial charge < -0.3 is 14.0 Å². The van der Waals surface area contributed by atoms with E-state index < -0.39 is 0 Å². The van der Waals surface area contributed by atoms with Crippen molar-refractivity contribution < 1.29 is 9.47 Å². The minimum absolute atomic E-state index is 0.